The second kappa shape index (κ2) is 6.22. The largest absolute Gasteiger partial charge is 0.409 e. The molecular formula is C15H27N3O3. The Hall–Kier alpha value is -1.30. The highest BCUT2D eigenvalue weighted by Gasteiger charge is 2.47. The summed E-state index contributed by atoms with van der Waals surface area (Å²) in [5.41, 5.74) is 5.26. The number of amidine groups is 1. The minimum absolute atomic E-state index is 0.00111. The van der Waals surface area contributed by atoms with E-state index >= 15 is 0 Å². The van der Waals surface area contributed by atoms with Crippen LogP contribution in [0.1, 0.15) is 46.0 Å². The number of nitrogens with zero attached hydrogens (tertiary/aromatic N) is 2. The second-order valence-electron chi connectivity index (χ2n) is 6.99. The zero-order valence-electron chi connectivity index (χ0n) is 13.1. The molecule has 0 spiro atoms. The van der Waals surface area contributed by atoms with Gasteiger partial charge in [-0.25, -0.2) is 0 Å². The molecule has 3 N–H and O–H groups in total. The maximum absolute atomic E-state index is 13.0. The van der Waals surface area contributed by atoms with E-state index in [9.17, 15) is 4.79 Å². The van der Waals surface area contributed by atoms with Gasteiger partial charge in [0.2, 0.25) is 5.91 Å². The highest BCUT2D eigenvalue weighted by atomic mass is 16.5. The molecule has 2 rings (SSSR count). The molecule has 2 fully saturated rings. The topological polar surface area (TPSA) is 88.2 Å². The molecule has 2 saturated heterocycles. The molecule has 0 aliphatic carbocycles. The van der Waals surface area contributed by atoms with Gasteiger partial charge in [-0.1, -0.05) is 19.0 Å². The van der Waals surface area contributed by atoms with Gasteiger partial charge in [-0.05, 0) is 37.5 Å². The van der Waals surface area contributed by atoms with Crippen LogP contribution in [0.5, 0.6) is 0 Å². The third-order valence-corrected chi connectivity index (χ3v) is 4.98. The Bertz CT molecular complexity index is 414. The molecule has 21 heavy (non-hydrogen) atoms. The van der Waals surface area contributed by atoms with E-state index in [0.717, 1.165) is 32.4 Å². The normalized spacial score (nSPS) is 26.2. The van der Waals surface area contributed by atoms with Crippen LogP contribution in [0.2, 0.25) is 0 Å². The van der Waals surface area contributed by atoms with Gasteiger partial charge in [0.1, 0.15) is 5.41 Å². The van der Waals surface area contributed by atoms with E-state index in [2.05, 4.69) is 19.0 Å². The molecule has 2 aliphatic heterocycles. The van der Waals surface area contributed by atoms with Gasteiger partial charge in [0, 0.05) is 26.3 Å². The summed E-state index contributed by atoms with van der Waals surface area (Å²) in [4.78, 5) is 14.9. The molecule has 6 heteroatoms. The minimum atomic E-state index is -0.887. The van der Waals surface area contributed by atoms with Crippen LogP contribution in [0.25, 0.3) is 0 Å². The van der Waals surface area contributed by atoms with E-state index in [1.165, 1.54) is 0 Å². The van der Waals surface area contributed by atoms with Crippen molar-refractivity contribution in [3.05, 3.63) is 0 Å². The van der Waals surface area contributed by atoms with Gasteiger partial charge in [-0.15, -0.1) is 0 Å². The Morgan fingerprint density at radius 1 is 1.19 bits per heavy atom. The van der Waals surface area contributed by atoms with Gasteiger partial charge in [-0.3, -0.25) is 4.79 Å². The molecular weight excluding hydrogens is 270 g/mol. The van der Waals surface area contributed by atoms with Gasteiger partial charge in [0.25, 0.3) is 0 Å². The third kappa shape index (κ3) is 3.31. The number of hydrogen-bond acceptors (Lipinski definition) is 4. The summed E-state index contributed by atoms with van der Waals surface area (Å²) in [6.45, 7) is 6.93. The van der Waals surface area contributed by atoms with E-state index in [0.29, 0.717) is 26.1 Å². The fraction of sp³-hybridized carbons (Fsp3) is 0.867. The van der Waals surface area contributed by atoms with Gasteiger partial charge in [0.15, 0.2) is 5.84 Å². The van der Waals surface area contributed by atoms with Gasteiger partial charge < -0.3 is 20.6 Å². The smallest absolute Gasteiger partial charge is 0.236 e. The van der Waals surface area contributed by atoms with Gasteiger partial charge >= 0.3 is 0 Å². The van der Waals surface area contributed by atoms with Crippen molar-refractivity contribution >= 4 is 11.7 Å². The highest BCUT2D eigenvalue weighted by molar-refractivity contribution is 6.06. The molecule has 0 saturated carbocycles. The summed E-state index contributed by atoms with van der Waals surface area (Å²) in [6, 6.07) is 0. The maximum Gasteiger partial charge on any atom is 0.236 e. The molecule has 0 aromatic rings. The Labute approximate surface area is 126 Å². The molecule has 0 radical (unpaired) electrons. The molecule has 0 unspecified atom stereocenters. The first-order chi connectivity index (χ1) is 9.91. The molecule has 6 nitrogen and oxygen atoms in total. The van der Waals surface area contributed by atoms with E-state index < -0.39 is 5.41 Å². The second-order valence-corrected chi connectivity index (χ2v) is 6.99. The Kier molecular flexibility index (Phi) is 4.76. The molecule has 0 atom stereocenters. The summed E-state index contributed by atoms with van der Waals surface area (Å²) >= 11 is 0. The number of carbonyl (C=O) groups excluding carboxylic acids is 1. The number of ether oxygens (including phenoxy) is 1. The minimum Gasteiger partial charge on any atom is -0.409 e. The van der Waals surface area contributed by atoms with E-state index in [1.54, 1.807) is 0 Å². The standard InChI is InChI=1S/C15H27N3O3/c1-14(2)4-3-8-18(9-5-14)13(19)15(12(16)17-20)6-10-21-11-7-15/h20H,3-11H2,1-2H3,(H2,16,17). The quantitative estimate of drug-likeness (QED) is 0.350. The van der Waals surface area contributed by atoms with Crippen LogP contribution in [-0.4, -0.2) is 48.2 Å². The van der Waals surface area contributed by atoms with Crippen molar-refractivity contribution in [1.82, 2.24) is 4.90 Å². The zero-order chi connectivity index (χ0) is 15.5. The number of hydrogen-bond donors (Lipinski definition) is 2. The number of likely N-dealkylation sites (tertiary alicyclic amines) is 1. The Balaban J connectivity index is 2.18. The first kappa shape index (κ1) is 16.1. The van der Waals surface area contributed by atoms with Crippen LogP contribution in [0.3, 0.4) is 0 Å². The Morgan fingerprint density at radius 3 is 2.48 bits per heavy atom. The lowest BCUT2D eigenvalue weighted by Gasteiger charge is -2.38. The van der Waals surface area contributed by atoms with Crippen molar-refractivity contribution in [1.29, 1.82) is 0 Å². The van der Waals surface area contributed by atoms with Crippen LogP contribution in [0, 0.1) is 10.8 Å². The van der Waals surface area contributed by atoms with Crippen molar-refractivity contribution in [2.75, 3.05) is 26.3 Å². The average molecular weight is 297 g/mol. The number of amides is 1. The molecule has 0 aromatic carbocycles. The lowest BCUT2D eigenvalue weighted by molar-refractivity contribution is -0.142. The van der Waals surface area contributed by atoms with Crippen LogP contribution in [0.15, 0.2) is 5.16 Å². The van der Waals surface area contributed by atoms with Crippen LogP contribution < -0.4 is 5.73 Å². The highest BCUT2D eigenvalue weighted by Crippen LogP contribution is 2.36. The van der Waals surface area contributed by atoms with Crippen LogP contribution >= 0.6 is 0 Å². The number of oxime groups is 1. The summed E-state index contributed by atoms with van der Waals surface area (Å²) in [5, 5.41) is 12.2. The summed E-state index contributed by atoms with van der Waals surface area (Å²) in [6.07, 6.45) is 4.09. The first-order valence-corrected chi connectivity index (χ1v) is 7.76. The lowest BCUT2D eigenvalue weighted by Crippen LogP contribution is -2.54. The van der Waals surface area contributed by atoms with Crippen molar-refractivity contribution < 1.29 is 14.7 Å². The summed E-state index contributed by atoms with van der Waals surface area (Å²) in [7, 11) is 0. The van der Waals surface area contributed by atoms with Crippen LogP contribution in [0.4, 0.5) is 0 Å². The monoisotopic (exact) mass is 297 g/mol. The third-order valence-electron chi connectivity index (χ3n) is 4.98. The average Bonchev–Trinajstić information content (AvgIpc) is 2.67. The zero-order valence-corrected chi connectivity index (χ0v) is 13.1. The maximum atomic E-state index is 13.0. The van der Waals surface area contributed by atoms with Crippen LogP contribution in [-0.2, 0) is 9.53 Å². The molecule has 1 amide bonds. The van der Waals surface area contributed by atoms with Crippen molar-refractivity contribution in [2.24, 2.45) is 21.7 Å². The van der Waals surface area contributed by atoms with Crippen molar-refractivity contribution in [3.63, 3.8) is 0 Å². The number of nitrogens with two attached hydrogens (primary N) is 1. The van der Waals surface area contributed by atoms with Crippen molar-refractivity contribution in [2.45, 2.75) is 46.0 Å². The molecule has 0 bridgehead atoms. The van der Waals surface area contributed by atoms with Gasteiger partial charge in [-0.2, -0.15) is 0 Å². The summed E-state index contributed by atoms with van der Waals surface area (Å²) in [5.74, 6) is 0.0260. The number of carbonyl (C=O) groups is 1. The van der Waals surface area contributed by atoms with E-state index in [-0.39, 0.29) is 17.2 Å². The van der Waals surface area contributed by atoms with Gasteiger partial charge in [0.05, 0.1) is 0 Å². The molecule has 2 aliphatic rings. The summed E-state index contributed by atoms with van der Waals surface area (Å²) < 4.78 is 5.35. The van der Waals surface area contributed by atoms with Crippen molar-refractivity contribution in [3.8, 4) is 0 Å². The SMILES string of the molecule is CC1(C)CCCN(C(=O)C2(C(N)=NO)CCOCC2)CC1. The fourth-order valence-corrected chi connectivity index (χ4v) is 3.32. The predicted octanol–water partition coefficient (Wildman–Crippen LogP) is 1.57. The number of rotatable bonds is 2. The van der Waals surface area contributed by atoms with E-state index in [1.807, 2.05) is 4.90 Å². The molecule has 120 valence electrons. The Morgan fingerprint density at radius 2 is 1.86 bits per heavy atom. The fourth-order valence-electron chi connectivity index (χ4n) is 3.32. The first-order valence-electron chi connectivity index (χ1n) is 7.76. The molecule has 2 heterocycles. The predicted molar refractivity (Wildman–Crippen MR) is 80.1 cm³/mol. The van der Waals surface area contributed by atoms with E-state index in [4.69, 9.17) is 15.7 Å². The lowest BCUT2D eigenvalue weighted by atomic mass is 9.77. The molecule has 0 aromatic heterocycles.